The van der Waals surface area contributed by atoms with E-state index in [2.05, 4.69) is 24.7 Å². The molecule has 0 aliphatic rings. The van der Waals surface area contributed by atoms with Crippen LogP contribution in [0.15, 0.2) is 0 Å². The van der Waals surface area contributed by atoms with Crippen LogP contribution < -0.4 is 5.73 Å². The molecule has 0 saturated heterocycles. The highest BCUT2D eigenvalue weighted by atomic mass is 15.1. The van der Waals surface area contributed by atoms with Gasteiger partial charge >= 0.3 is 0 Å². The standard InChI is InChI=1S/C9H18N2/c1-4-7-11(8-6-10)9(3)5-2/h1,9H,5-8,10H2,2-3H3. The Morgan fingerprint density at radius 1 is 1.64 bits per heavy atom. The first-order valence-corrected chi connectivity index (χ1v) is 4.13. The molecule has 2 nitrogen and oxygen atoms in total. The van der Waals surface area contributed by atoms with E-state index in [0.29, 0.717) is 19.1 Å². The molecule has 1 unspecified atom stereocenters. The van der Waals surface area contributed by atoms with Crippen molar-refractivity contribution in [3.63, 3.8) is 0 Å². The monoisotopic (exact) mass is 154 g/mol. The van der Waals surface area contributed by atoms with E-state index < -0.39 is 0 Å². The van der Waals surface area contributed by atoms with Gasteiger partial charge in [0, 0.05) is 19.1 Å². The molecule has 0 radical (unpaired) electrons. The molecule has 0 saturated carbocycles. The van der Waals surface area contributed by atoms with Crippen molar-refractivity contribution in [1.29, 1.82) is 0 Å². The predicted octanol–water partition coefficient (Wildman–Crippen LogP) is 0.679. The minimum Gasteiger partial charge on any atom is -0.329 e. The van der Waals surface area contributed by atoms with E-state index in [-0.39, 0.29) is 0 Å². The fourth-order valence-electron chi connectivity index (χ4n) is 0.997. The zero-order chi connectivity index (χ0) is 8.69. The van der Waals surface area contributed by atoms with Gasteiger partial charge in [0.15, 0.2) is 0 Å². The molecule has 0 rings (SSSR count). The van der Waals surface area contributed by atoms with E-state index in [9.17, 15) is 0 Å². The molecule has 0 heterocycles. The third-order valence-corrected chi connectivity index (χ3v) is 1.92. The molecule has 0 amide bonds. The van der Waals surface area contributed by atoms with Crippen LogP contribution in [0.5, 0.6) is 0 Å². The maximum Gasteiger partial charge on any atom is 0.0601 e. The maximum absolute atomic E-state index is 5.44. The lowest BCUT2D eigenvalue weighted by molar-refractivity contribution is 0.236. The first-order chi connectivity index (χ1) is 5.26. The van der Waals surface area contributed by atoms with Gasteiger partial charge < -0.3 is 5.73 Å². The third kappa shape index (κ3) is 4.02. The Hall–Kier alpha value is -0.520. The summed E-state index contributed by atoms with van der Waals surface area (Å²) in [7, 11) is 0. The summed E-state index contributed by atoms with van der Waals surface area (Å²) in [6, 6.07) is 0.551. The molecule has 0 aliphatic heterocycles. The molecule has 2 heteroatoms. The van der Waals surface area contributed by atoms with Crippen LogP contribution in [-0.2, 0) is 0 Å². The molecule has 0 fully saturated rings. The minimum absolute atomic E-state index is 0.551. The smallest absolute Gasteiger partial charge is 0.0601 e. The number of nitrogens with zero attached hydrogens (tertiary/aromatic N) is 1. The van der Waals surface area contributed by atoms with Gasteiger partial charge in [-0.1, -0.05) is 12.8 Å². The molecule has 64 valence electrons. The topological polar surface area (TPSA) is 29.3 Å². The Morgan fingerprint density at radius 3 is 2.64 bits per heavy atom. The quantitative estimate of drug-likeness (QED) is 0.590. The van der Waals surface area contributed by atoms with Gasteiger partial charge in [-0.3, -0.25) is 4.90 Å². The molecular weight excluding hydrogens is 136 g/mol. The number of terminal acetylenes is 1. The fourth-order valence-corrected chi connectivity index (χ4v) is 0.997. The first-order valence-electron chi connectivity index (χ1n) is 4.13. The minimum atomic E-state index is 0.551. The van der Waals surface area contributed by atoms with E-state index in [1.165, 1.54) is 0 Å². The van der Waals surface area contributed by atoms with Crippen LogP contribution in [0.1, 0.15) is 20.3 Å². The van der Waals surface area contributed by atoms with Crippen LogP contribution >= 0.6 is 0 Å². The molecule has 0 aromatic carbocycles. The molecule has 1 atom stereocenters. The second kappa shape index (κ2) is 6.21. The largest absolute Gasteiger partial charge is 0.329 e. The number of hydrogen-bond donors (Lipinski definition) is 1. The fraction of sp³-hybridized carbons (Fsp3) is 0.778. The third-order valence-electron chi connectivity index (χ3n) is 1.92. The zero-order valence-electron chi connectivity index (χ0n) is 7.51. The normalized spacial score (nSPS) is 13.0. The Morgan fingerprint density at radius 2 is 2.27 bits per heavy atom. The van der Waals surface area contributed by atoms with E-state index >= 15 is 0 Å². The van der Waals surface area contributed by atoms with Gasteiger partial charge in [0.2, 0.25) is 0 Å². The van der Waals surface area contributed by atoms with Crippen LogP contribution in [0.25, 0.3) is 0 Å². The summed E-state index contributed by atoms with van der Waals surface area (Å²) in [5.74, 6) is 2.64. The van der Waals surface area contributed by atoms with Gasteiger partial charge in [-0.15, -0.1) is 6.42 Å². The van der Waals surface area contributed by atoms with E-state index in [4.69, 9.17) is 12.2 Å². The van der Waals surface area contributed by atoms with Crippen molar-refractivity contribution in [1.82, 2.24) is 4.90 Å². The van der Waals surface area contributed by atoms with Crippen molar-refractivity contribution >= 4 is 0 Å². The summed E-state index contributed by atoms with van der Waals surface area (Å²) in [4.78, 5) is 2.22. The van der Waals surface area contributed by atoms with Gasteiger partial charge in [0.25, 0.3) is 0 Å². The molecule has 2 N–H and O–H groups in total. The van der Waals surface area contributed by atoms with Crippen LogP contribution in [0, 0.1) is 12.3 Å². The van der Waals surface area contributed by atoms with Crippen molar-refractivity contribution in [3.05, 3.63) is 0 Å². The first kappa shape index (κ1) is 10.5. The number of rotatable bonds is 5. The summed E-state index contributed by atoms with van der Waals surface area (Å²) in [5, 5.41) is 0. The van der Waals surface area contributed by atoms with Gasteiger partial charge in [-0.25, -0.2) is 0 Å². The maximum atomic E-state index is 5.44. The summed E-state index contributed by atoms with van der Waals surface area (Å²) in [6.07, 6.45) is 6.35. The molecule has 0 aromatic rings. The van der Waals surface area contributed by atoms with Crippen LogP contribution in [0.2, 0.25) is 0 Å². The summed E-state index contributed by atoms with van der Waals surface area (Å²) < 4.78 is 0. The molecule has 11 heavy (non-hydrogen) atoms. The van der Waals surface area contributed by atoms with Gasteiger partial charge in [0.05, 0.1) is 6.54 Å². The van der Waals surface area contributed by atoms with E-state index in [1.54, 1.807) is 0 Å². The lowest BCUT2D eigenvalue weighted by atomic mass is 10.2. The number of hydrogen-bond acceptors (Lipinski definition) is 2. The van der Waals surface area contributed by atoms with Crippen LogP contribution in [0.4, 0.5) is 0 Å². The average molecular weight is 154 g/mol. The summed E-state index contributed by atoms with van der Waals surface area (Å²) in [6.45, 7) is 6.63. The van der Waals surface area contributed by atoms with Gasteiger partial charge in [-0.05, 0) is 13.3 Å². The van der Waals surface area contributed by atoms with Gasteiger partial charge in [0.1, 0.15) is 0 Å². The molecule has 0 aromatic heterocycles. The lowest BCUT2D eigenvalue weighted by Gasteiger charge is -2.25. The van der Waals surface area contributed by atoms with Crippen molar-refractivity contribution < 1.29 is 0 Å². The van der Waals surface area contributed by atoms with Crippen molar-refractivity contribution in [3.8, 4) is 12.3 Å². The highest BCUT2D eigenvalue weighted by Gasteiger charge is 2.08. The molecular formula is C9H18N2. The van der Waals surface area contributed by atoms with Crippen molar-refractivity contribution in [2.75, 3.05) is 19.6 Å². The van der Waals surface area contributed by atoms with E-state index in [0.717, 1.165) is 13.0 Å². The van der Waals surface area contributed by atoms with E-state index in [1.807, 2.05) is 0 Å². The lowest BCUT2D eigenvalue weighted by Crippen LogP contribution is -2.36. The SMILES string of the molecule is C#CCN(CCN)C(C)CC. The van der Waals surface area contributed by atoms with Gasteiger partial charge in [-0.2, -0.15) is 0 Å². The molecule has 0 bridgehead atoms. The Kier molecular flexibility index (Phi) is 5.91. The Balaban J connectivity index is 3.78. The Bertz CT molecular complexity index is 126. The highest BCUT2D eigenvalue weighted by Crippen LogP contribution is 2.00. The van der Waals surface area contributed by atoms with Crippen LogP contribution in [0.3, 0.4) is 0 Å². The zero-order valence-corrected chi connectivity index (χ0v) is 7.51. The molecule has 0 spiro atoms. The second-order valence-electron chi connectivity index (χ2n) is 2.72. The Labute approximate surface area is 69.8 Å². The number of nitrogens with two attached hydrogens (primary N) is 1. The highest BCUT2D eigenvalue weighted by molar-refractivity contribution is 4.89. The molecule has 0 aliphatic carbocycles. The summed E-state index contributed by atoms with van der Waals surface area (Å²) in [5.41, 5.74) is 5.44. The average Bonchev–Trinajstić information content (AvgIpc) is 2.03. The van der Waals surface area contributed by atoms with Crippen molar-refractivity contribution in [2.45, 2.75) is 26.3 Å². The van der Waals surface area contributed by atoms with Crippen LogP contribution in [-0.4, -0.2) is 30.6 Å². The second-order valence-corrected chi connectivity index (χ2v) is 2.72. The summed E-state index contributed by atoms with van der Waals surface area (Å²) >= 11 is 0. The predicted molar refractivity (Wildman–Crippen MR) is 49.2 cm³/mol. The van der Waals surface area contributed by atoms with Crippen molar-refractivity contribution in [2.24, 2.45) is 5.73 Å².